The van der Waals surface area contributed by atoms with E-state index in [1.807, 2.05) is 30.3 Å². The van der Waals surface area contributed by atoms with Crippen molar-refractivity contribution in [3.63, 3.8) is 0 Å². The van der Waals surface area contributed by atoms with E-state index in [2.05, 4.69) is 419 Å². The van der Waals surface area contributed by atoms with E-state index in [0.29, 0.717) is 0 Å². The highest BCUT2D eigenvalue weighted by Crippen LogP contribution is 2.51. The predicted molar refractivity (Wildman–Crippen MR) is 522 cm³/mol. The minimum atomic E-state index is 0.918. The van der Waals surface area contributed by atoms with Crippen LogP contribution in [0.1, 0.15) is 0 Å². The van der Waals surface area contributed by atoms with E-state index in [0.717, 1.165) is 71.4 Å². The van der Waals surface area contributed by atoms with Crippen LogP contribution in [0.25, 0.3) is 252 Å². The van der Waals surface area contributed by atoms with Gasteiger partial charge in [0.25, 0.3) is 0 Å². The van der Waals surface area contributed by atoms with Crippen molar-refractivity contribution in [3.05, 3.63) is 449 Å². The fraction of sp³-hybridized carbons (Fsp3) is 0. The lowest BCUT2D eigenvalue weighted by atomic mass is 9.85. The molecule has 0 saturated carbocycles. The summed E-state index contributed by atoms with van der Waals surface area (Å²) in [7, 11) is 0. The molecule has 26 aromatic rings. The van der Waals surface area contributed by atoms with E-state index in [1.54, 1.807) is 0 Å². The molecule has 3 heterocycles. The van der Waals surface area contributed by atoms with Crippen LogP contribution in [-0.2, 0) is 0 Å². The summed E-state index contributed by atoms with van der Waals surface area (Å²) < 4.78 is 18.7. The third kappa shape index (κ3) is 12.1. The van der Waals surface area contributed by atoms with Crippen LogP contribution in [0, 0.1) is 0 Å². The largest absolute Gasteiger partial charge is 0.456 e. The Hall–Kier alpha value is -16.2. The second-order valence-corrected chi connectivity index (χ2v) is 32.3. The van der Waals surface area contributed by atoms with Gasteiger partial charge in [0.1, 0.15) is 33.5 Å². The molecule has 3 heteroatoms. The van der Waals surface area contributed by atoms with Crippen LogP contribution in [0.15, 0.2) is 462 Å². The zero-order chi connectivity index (χ0) is 81.0. The van der Waals surface area contributed by atoms with Gasteiger partial charge in [-0.1, -0.05) is 388 Å². The molecule has 0 aliphatic carbocycles. The molecule has 26 rings (SSSR count). The highest BCUT2D eigenvalue weighted by atomic mass is 16.3. The average molecular weight is 1560 g/mol. The van der Waals surface area contributed by atoms with E-state index in [9.17, 15) is 0 Å². The topological polar surface area (TPSA) is 39.4 Å². The van der Waals surface area contributed by atoms with Crippen LogP contribution in [0.3, 0.4) is 0 Å². The van der Waals surface area contributed by atoms with Crippen molar-refractivity contribution in [2.24, 2.45) is 0 Å². The van der Waals surface area contributed by atoms with Crippen molar-refractivity contribution in [1.29, 1.82) is 0 Å². The molecule has 0 atom stereocenters. The van der Waals surface area contributed by atoms with Gasteiger partial charge >= 0.3 is 0 Å². The van der Waals surface area contributed by atoms with Gasteiger partial charge < -0.3 is 13.3 Å². The van der Waals surface area contributed by atoms with E-state index >= 15 is 0 Å². The maximum absolute atomic E-state index is 6.53. The van der Waals surface area contributed by atoms with Crippen molar-refractivity contribution in [3.8, 4) is 89.0 Å². The second kappa shape index (κ2) is 29.4. The predicted octanol–water partition coefficient (Wildman–Crippen LogP) is 34.5. The van der Waals surface area contributed by atoms with Crippen LogP contribution < -0.4 is 0 Å². The smallest absolute Gasteiger partial charge is 0.143 e. The molecule has 3 aromatic heterocycles. The van der Waals surface area contributed by atoms with Gasteiger partial charge in [0, 0.05) is 43.4 Å². The summed E-state index contributed by atoms with van der Waals surface area (Å²) in [5.74, 6) is 0. The SMILES string of the molecule is c1ccc2cc(-c3c4ccccc4c(-c4ccc(-c5ccc6oc7ccccc7c6c5)cc4)c4ccccc34)ccc2c1.c1ccc2cc(-c3c4ccccc4c(-c4ccc5oc6ccccc6c5c4)c4ccccc34)ccc2c1.c1ccc2cc(-c3ccc(-c4c5ccccc5c(-c5cccc6c5oc5ccccc56)c5ccccc45)cc3)ccc2c1. The van der Waals surface area contributed by atoms with Crippen LogP contribution in [0.5, 0.6) is 0 Å². The summed E-state index contributed by atoms with van der Waals surface area (Å²) in [4.78, 5) is 0. The molecule has 572 valence electrons. The standard InChI is InChI=1S/2C42H26O.C36H22O/c1-2-11-30-26-31(25-22-27(30)10-1)28-20-23-29(24-21-28)40-33-13-3-5-15-35(33)41(36-16-6-4-14-34(36)40)38-18-9-17-37-32-12-7-8-19-39(32)43-42(37)38;1-2-10-30-25-32(22-19-27(30)9-1)42-36-14-5-3-12-34(36)41(35-13-4-6-15-37(35)42)29-20-17-28(18-21-29)31-23-24-40-38(26-31)33-11-7-8-16-39(33)43-40;1-2-10-24-21-25(18-17-23(24)9-1)35-28-12-3-5-14-30(28)36(31-15-6-4-13-29(31)35)26-19-20-34-32(22-26)27-11-7-8-16-33(27)37-34/h2*1-26H;1-22H. The Kier molecular flexibility index (Phi) is 17.0. The summed E-state index contributed by atoms with van der Waals surface area (Å²) >= 11 is 0. The summed E-state index contributed by atoms with van der Waals surface area (Å²) in [5.41, 5.74) is 25.2. The fourth-order valence-corrected chi connectivity index (χ4v) is 19.7. The number of fused-ring (bicyclic) bond motifs is 18. The van der Waals surface area contributed by atoms with E-state index in [-0.39, 0.29) is 0 Å². The first-order valence-corrected chi connectivity index (χ1v) is 42.2. The van der Waals surface area contributed by atoms with Crippen LogP contribution in [0.4, 0.5) is 0 Å². The molecular weight excluding hydrogens is 1490 g/mol. The Bertz CT molecular complexity index is 8580. The fourth-order valence-electron chi connectivity index (χ4n) is 19.7. The van der Waals surface area contributed by atoms with E-state index in [1.165, 1.54) is 180 Å². The Balaban J connectivity index is 0.000000104. The number of furan rings is 3. The maximum atomic E-state index is 6.53. The molecule has 0 bridgehead atoms. The number of hydrogen-bond donors (Lipinski definition) is 0. The van der Waals surface area contributed by atoms with E-state index in [4.69, 9.17) is 13.3 Å². The van der Waals surface area contributed by atoms with Crippen LogP contribution in [0.2, 0.25) is 0 Å². The highest BCUT2D eigenvalue weighted by molar-refractivity contribution is 6.27. The molecule has 0 spiro atoms. The van der Waals surface area contributed by atoms with Gasteiger partial charge in [-0.2, -0.15) is 0 Å². The Labute approximate surface area is 709 Å². The molecule has 0 radical (unpaired) electrons. The number of rotatable bonds is 8. The zero-order valence-corrected chi connectivity index (χ0v) is 66.9. The summed E-state index contributed by atoms with van der Waals surface area (Å²) in [6.07, 6.45) is 0. The van der Waals surface area contributed by atoms with Gasteiger partial charge in [-0.25, -0.2) is 0 Å². The summed E-state index contributed by atoms with van der Waals surface area (Å²) in [6, 6.07) is 162. The first kappa shape index (κ1) is 71.0. The third-order valence-corrected chi connectivity index (χ3v) is 25.3. The number of para-hydroxylation sites is 4. The molecular formula is C120H74O3. The molecule has 3 nitrogen and oxygen atoms in total. The van der Waals surface area contributed by atoms with Gasteiger partial charge in [0.2, 0.25) is 0 Å². The maximum Gasteiger partial charge on any atom is 0.143 e. The van der Waals surface area contributed by atoms with Gasteiger partial charge in [-0.3, -0.25) is 0 Å². The van der Waals surface area contributed by atoms with Crippen molar-refractivity contribution >= 4 is 163 Å². The lowest BCUT2D eigenvalue weighted by Crippen LogP contribution is -1.91. The Morgan fingerprint density at radius 1 is 0.114 bits per heavy atom. The van der Waals surface area contributed by atoms with Crippen molar-refractivity contribution < 1.29 is 13.3 Å². The molecule has 0 fully saturated rings. The molecule has 0 N–H and O–H groups in total. The van der Waals surface area contributed by atoms with Gasteiger partial charge in [-0.15, -0.1) is 0 Å². The molecule has 0 aliphatic rings. The average Bonchev–Trinajstić information content (AvgIpc) is 1.63. The van der Waals surface area contributed by atoms with Crippen LogP contribution >= 0.6 is 0 Å². The molecule has 0 saturated heterocycles. The second-order valence-electron chi connectivity index (χ2n) is 32.3. The van der Waals surface area contributed by atoms with Gasteiger partial charge in [0.05, 0.1) is 0 Å². The van der Waals surface area contributed by atoms with Gasteiger partial charge in [-0.05, 0) is 236 Å². The van der Waals surface area contributed by atoms with Gasteiger partial charge in [0.15, 0.2) is 0 Å². The highest BCUT2D eigenvalue weighted by Gasteiger charge is 2.24. The Morgan fingerprint density at radius 3 is 0.724 bits per heavy atom. The Morgan fingerprint density at radius 2 is 0.341 bits per heavy atom. The zero-order valence-electron chi connectivity index (χ0n) is 66.9. The quantitative estimate of drug-likeness (QED) is 0.142. The third-order valence-electron chi connectivity index (χ3n) is 25.3. The monoisotopic (exact) mass is 1560 g/mol. The summed E-state index contributed by atoms with van der Waals surface area (Å²) in [6.45, 7) is 0. The number of hydrogen-bond acceptors (Lipinski definition) is 3. The molecule has 23 aromatic carbocycles. The minimum Gasteiger partial charge on any atom is -0.456 e. The summed E-state index contributed by atoms with van der Waals surface area (Å²) in [5, 5.41) is 29.5. The first-order chi connectivity index (χ1) is 61.0. The van der Waals surface area contributed by atoms with Crippen LogP contribution in [-0.4, -0.2) is 0 Å². The van der Waals surface area contributed by atoms with Crippen molar-refractivity contribution in [1.82, 2.24) is 0 Å². The molecule has 0 unspecified atom stereocenters. The van der Waals surface area contributed by atoms with Crippen molar-refractivity contribution in [2.45, 2.75) is 0 Å². The molecule has 123 heavy (non-hydrogen) atoms. The lowest BCUT2D eigenvalue weighted by molar-refractivity contribution is 0.668. The minimum absolute atomic E-state index is 0.918. The number of benzene rings is 23. The van der Waals surface area contributed by atoms with E-state index < -0.39 is 0 Å². The van der Waals surface area contributed by atoms with Crippen molar-refractivity contribution in [2.75, 3.05) is 0 Å². The molecule has 0 aliphatic heterocycles. The normalized spacial score (nSPS) is 11.7. The lowest BCUT2D eigenvalue weighted by Gasteiger charge is -2.18. The molecule has 0 amide bonds. The first-order valence-electron chi connectivity index (χ1n) is 42.2.